The molecule has 2 aliphatic heterocycles. The second-order valence-electron chi connectivity index (χ2n) is 6.85. The van der Waals surface area contributed by atoms with Crippen LogP contribution in [0.25, 0.3) is 0 Å². The Morgan fingerprint density at radius 1 is 1.26 bits per heavy atom. The van der Waals surface area contributed by atoms with Crippen molar-refractivity contribution in [2.75, 3.05) is 53.5 Å². The van der Waals surface area contributed by atoms with Crippen molar-refractivity contribution in [2.45, 2.75) is 25.4 Å². The molecule has 0 aliphatic carbocycles. The van der Waals surface area contributed by atoms with Gasteiger partial charge in [0.2, 0.25) is 0 Å². The van der Waals surface area contributed by atoms with Crippen molar-refractivity contribution >= 4 is 11.9 Å². The summed E-state index contributed by atoms with van der Waals surface area (Å²) in [5, 5.41) is 3.43. The highest BCUT2D eigenvalue weighted by Crippen LogP contribution is 2.18. The topological polar surface area (TPSA) is 66.4 Å². The molecule has 1 aromatic carbocycles. The van der Waals surface area contributed by atoms with Gasteiger partial charge in [0.15, 0.2) is 5.96 Å². The number of piperazine rings is 1. The number of nitrogens with zero attached hydrogens (tertiary/aromatic N) is 3. The zero-order valence-electron chi connectivity index (χ0n) is 16.3. The average molecular weight is 374 g/mol. The molecule has 0 aromatic heterocycles. The lowest BCUT2D eigenvalue weighted by Crippen LogP contribution is -2.55. The number of benzene rings is 1. The number of methoxy groups -OCH3 is 1. The fourth-order valence-corrected chi connectivity index (χ4v) is 3.67. The van der Waals surface area contributed by atoms with Crippen LogP contribution in [0, 0.1) is 0 Å². The summed E-state index contributed by atoms with van der Waals surface area (Å²) in [7, 11) is 3.50. The first kappa shape index (κ1) is 19.5. The Labute approximate surface area is 161 Å². The van der Waals surface area contributed by atoms with E-state index >= 15 is 0 Å². The molecular weight excluding hydrogens is 344 g/mol. The Hall–Kier alpha value is -2.28. The first-order valence-corrected chi connectivity index (χ1v) is 9.71. The molecule has 1 amide bonds. The number of carbonyl (C=O) groups excluding carboxylic acids is 1. The second-order valence-corrected chi connectivity index (χ2v) is 6.85. The van der Waals surface area contributed by atoms with Crippen LogP contribution in [0.4, 0.5) is 0 Å². The smallest absolute Gasteiger partial charge is 0.251 e. The van der Waals surface area contributed by atoms with E-state index in [1.165, 1.54) is 5.56 Å². The van der Waals surface area contributed by atoms with E-state index < -0.39 is 0 Å². The van der Waals surface area contributed by atoms with Gasteiger partial charge < -0.3 is 24.6 Å². The summed E-state index contributed by atoms with van der Waals surface area (Å²) < 4.78 is 10.9. The van der Waals surface area contributed by atoms with Gasteiger partial charge in [-0.3, -0.25) is 9.79 Å². The van der Waals surface area contributed by atoms with Crippen molar-refractivity contribution in [3.8, 4) is 5.75 Å². The van der Waals surface area contributed by atoms with Gasteiger partial charge in [0.25, 0.3) is 5.91 Å². The highest BCUT2D eigenvalue weighted by molar-refractivity contribution is 5.82. The largest absolute Gasteiger partial charge is 0.496 e. The molecule has 7 nitrogen and oxygen atoms in total. The number of carbonyl (C=O) groups is 1. The number of rotatable bonds is 5. The quantitative estimate of drug-likeness (QED) is 0.618. The van der Waals surface area contributed by atoms with E-state index in [9.17, 15) is 4.79 Å². The molecule has 0 spiro atoms. The van der Waals surface area contributed by atoms with E-state index in [1.807, 2.05) is 23.1 Å². The summed E-state index contributed by atoms with van der Waals surface area (Å²) in [4.78, 5) is 21.0. The lowest BCUT2D eigenvalue weighted by Gasteiger charge is -2.37. The summed E-state index contributed by atoms with van der Waals surface area (Å²) in [6.45, 7) is 4.48. The molecule has 2 aliphatic rings. The fraction of sp³-hybridized carbons (Fsp3) is 0.600. The van der Waals surface area contributed by atoms with Crippen LogP contribution in [-0.2, 0) is 16.0 Å². The lowest BCUT2D eigenvalue weighted by atomic mass is 10.1. The molecule has 1 atom stereocenters. The standard InChI is InChI=1S/C20H30N4O3/c1-21-20(22-10-9-16-6-3-4-7-17(16)26-2)24-13-11-23(12-14-24)19(25)18-8-5-15-27-18/h3-4,6-7,18H,5,8-15H2,1-2H3,(H,21,22). The molecule has 2 heterocycles. The van der Waals surface area contributed by atoms with Gasteiger partial charge in [0.05, 0.1) is 7.11 Å². The third kappa shape index (κ3) is 4.91. The van der Waals surface area contributed by atoms with Crippen molar-refractivity contribution in [3.05, 3.63) is 29.8 Å². The third-order valence-corrected chi connectivity index (χ3v) is 5.18. The molecule has 3 rings (SSSR count). The van der Waals surface area contributed by atoms with Gasteiger partial charge in [-0.05, 0) is 30.9 Å². The molecule has 1 aromatic rings. The highest BCUT2D eigenvalue weighted by atomic mass is 16.5. The summed E-state index contributed by atoms with van der Waals surface area (Å²) in [6, 6.07) is 8.07. The molecule has 1 unspecified atom stereocenters. The van der Waals surface area contributed by atoms with Crippen LogP contribution in [0.15, 0.2) is 29.3 Å². The predicted octanol–water partition coefficient (Wildman–Crippen LogP) is 1.14. The SMILES string of the molecule is CN=C(NCCc1ccccc1OC)N1CCN(C(=O)C2CCCO2)CC1. The molecule has 0 bridgehead atoms. The second kappa shape index (κ2) is 9.60. The van der Waals surface area contributed by atoms with E-state index in [-0.39, 0.29) is 12.0 Å². The molecule has 2 saturated heterocycles. The first-order chi connectivity index (χ1) is 13.2. The molecule has 0 radical (unpaired) electrons. The van der Waals surface area contributed by atoms with Crippen molar-refractivity contribution in [1.82, 2.24) is 15.1 Å². The van der Waals surface area contributed by atoms with Gasteiger partial charge in [0, 0.05) is 46.4 Å². The molecule has 27 heavy (non-hydrogen) atoms. The van der Waals surface area contributed by atoms with Crippen LogP contribution in [0.5, 0.6) is 5.75 Å². The zero-order valence-corrected chi connectivity index (χ0v) is 16.3. The van der Waals surface area contributed by atoms with Crippen molar-refractivity contribution < 1.29 is 14.3 Å². The van der Waals surface area contributed by atoms with E-state index in [4.69, 9.17) is 9.47 Å². The maximum atomic E-state index is 12.5. The number of ether oxygens (including phenoxy) is 2. The van der Waals surface area contributed by atoms with E-state index in [1.54, 1.807) is 14.2 Å². The van der Waals surface area contributed by atoms with Crippen molar-refractivity contribution in [3.63, 3.8) is 0 Å². The van der Waals surface area contributed by atoms with Gasteiger partial charge in [0.1, 0.15) is 11.9 Å². The summed E-state index contributed by atoms with van der Waals surface area (Å²) in [6.07, 6.45) is 2.47. The van der Waals surface area contributed by atoms with Crippen LogP contribution in [0.3, 0.4) is 0 Å². The molecule has 2 fully saturated rings. The number of para-hydroxylation sites is 1. The van der Waals surface area contributed by atoms with E-state index in [0.29, 0.717) is 19.7 Å². The number of hydrogen-bond donors (Lipinski definition) is 1. The zero-order chi connectivity index (χ0) is 19.1. The van der Waals surface area contributed by atoms with Gasteiger partial charge in [-0.2, -0.15) is 0 Å². The maximum Gasteiger partial charge on any atom is 0.251 e. The van der Waals surface area contributed by atoms with Crippen LogP contribution in [0.2, 0.25) is 0 Å². The summed E-state index contributed by atoms with van der Waals surface area (Å²) in [5.74, 6) is 1.94. The van der Waals surface area contributed by atoms with Gasteiger partial charge in [-0.1, -0.05) is 18.2 Å². The number of amides is 1. The minimum Gasteiger partial charge on any atom is -0.496 e. The van der Waals surface area contributed by atoms with E-state index in [0.717, 1.165) is 50.6 Å². The van der Waals surface area contributed by atoms with Gasteiger partial charge in [-0.25, -0.2) is 0 Å². The average Bonchev–Trinajstić information content (AvgIpc) is 3.26. The lowest BCUT2D eigenvalue weighted by molar-refractivity contribution is -0.142. The van der Waals surface area contributed by atoms with Crippen LogP contribution in [-0.4, -0.2) is 81.3 Å². The number of aliphatic imine (C=N–C) groups is 1. The Bertz CT molecular complexity index is 650. The first-order valence-electron chi connectivity index (χ1n) is 9.71. The molecule has 0 saturated carbocycles. The van der Waals surface area contributed by atoms with Crippen molar-refractivity contribution in [1.29, 1.82) is 0 Å². The fourth-order valence-electron chi connectivity index (χ4n) is 3.67. The molecule has 148 valence electrons. The summed E-state index contributed by atoms with van der Waals surface area (Å²) in [5.41, 5.74) is 1.18. The Morgan fingerprint density at radius 3 is 2.67 bits per heavy atom. The molecule has 1 N–H and O–H groups in total. The number of guanidine groups is 1. The Morgan fingerprint density at radius 2 is 2.00 bits per heavy atom. The summed E-state index contributed by atoms with van der Waals surface area (Å²) >= 11 is 0. The maximum absolute atomic E-state index is 12.5. The Kier molecular flexibility index (Phi) is 6.92. The number of hydrogen-bond acceptors (Lipinski definition) is 4. The Balaban J connectivity index is 1.45. The minimum atomic E-state index is -0.227. The molecule has 7 heteroatoms. The van der Waals surface area contributed by atoms with Crippen LogP contribution < -0.4 is 10.1 Å². The van der Waals surface area contributed by atoms with Gasteiger partial charge >= 0.3 is 0 Å². The van der Waals surface area contributed by atoms with Gasteiger partial charge in [-0.15, -0.1) is 0 Å². The number of nitrogens with one attached hydrogen (secondary N) is 1. The van der Waals surface area contributed by atoms with E-state index in [2.05, 4.69) is 21.3 Å². The predicted molar refractivity (Wildman–Crippen MR) is 105 cm³/mol. The van der Waals surface area contributed by atoms with Crippen molar-refractivity contribution in [2.24, 2.45) is 4.99 Å². The van der Waals surface area contributed by atoms with Crippen LogP contribution in [0.1, 0.15) is 18.4 Å². The van der Waals surface area contributed by atoms with Crippen LogP contribution >= 0.6 is 0 Å². The third-order valence-electron chi connectivity index (χ3n) is 5.18. The minimum absolute atomic E-state index is 0.145. The molecular formula is C20H30N4O3. The normalized spacial score (nSPS) is 20.7. The monoisotopic (exact) mass is 374 g/mol. The highest BCUT2D eigenvalue weighted by Gasteiger charge is 2.30.